The van der Waals surface area contributed by atoms with Crippen LogP contribution in [0, 0.1) is 12.3 Å². The molecule has 7 heteroatoms. The molecule has 0 aromatic carbocycles. The number of aliphatic imine (C=N–C) groups is 1. The van der Waals surface area contributed by atoms with Crippen molar-refractivity contribution in [2.45, 2.75) is 53.4 Å². The summed E-state index contributed by atoms with van der Waals surface area (Å²) in [7, 11) is 0. The van der Waals surface area contributed by atoms with Gasteiger partial charge in [-0.3, -0.25) is 9.79 Å². The van der Waals surface area contributed by atoms with Gasteiger partial charge in [-0.05, 0) is 51.0 Å². The van der Waals surface area contributed by atoms with Gasteiger partial charge in [0.25, 0.3) is 5.91 Å². The van der Waals surface area contributed by atoms with Crippen LogP contribution in [-0.2, 0) is 0 Å². The van der Waals surface area contributed by atoms with Crippen LogP contribution in [0.5, 0.6) is 0 Å². The van der Waals surface area contributed by atoms with Crippen LogP contribution in [-0.4, -0.2) is 49.8 Å². The predicted molar refractivity (Wildman–Crippen MR) is 109 cm³/mol. The van der Waals surface area contributed by atoms with Crippen LogP contribution in [0.1, 0.15) is 62.6 Å². The Bertz CT molecular complexity index is 580. The fourth-order valence-corrected chi connectivity index (χ4v) is 2.91. The zero-order chi connectivity index (χ0) is 20.1. The second-order valence-electron chi connectivity index (χ2n) is 6.84. The number of aryl methyl sites for hydroxylation is 1. The van der Waals surface area contributed by atoms with Crippen LogP contribution in [0.15, 0.2) is 21.7 Å². The fraction of sp³-hybridized carbons (Fsp3) is 0.700. The molecular weight excluding hydrogens is 344 g/mol. The maximum absolute atomic E-state index is 12.0. The summed E-state index contributed by atoms with van der Waals surface area (Å²) < 4.78 is 5.18. The van der Waals surface area contributed by atoms with Crippen molar-refractivity contribution in [3.05, 3.63) is 23.7 Å². The van der Waals surface area contributed by atoms with E-state index in [1.807, 2.05) is 13.8 Å². The number of nitrogens with zero attached hydrogens (tertiary/aromatic N) is 1. The Labute approximate surface area is 163 Å². The minimum absolute atomic E-state index is 0.0476. The standard InChI is InChI=1S/C20H36N4O3/c1-5-20(6-2,10-13-25)15-24-19(21-7-3)23-12-8-11-22-18(26)17-16(4)9-14-27-17/h9,14,25H,5-8,10-13,15H2,1-4H3,(H,22,26)(H2,21,23,24). The number of guanidine groups is 1. The van der Waals surface area contributed by atoms with E-state index in [0.717, 1.165) is 43.8 Å². The maximum atomic E-state index is 12.0. The molecule has 0 saturated carbocycles. The van der Waals surface area contributed by atoms with Gasteiger partial charge in [-0.15, -0.1) is 0 Å². The molecule has 0 aliphatic heterocycles. The minimum Gasteiger partial charge on any atom is -0.459 e. The van der Waals surface area contributed by atoms with Crippen LogP contribution in [0.25, 0.3) is 0 Å². The van der Waals surface area contributed by atoms with E-state index in [4.69, 9.17) is 9.41 Å². The molecule has 1 aromatic rings. The molecule has 0 aliphatic rings. The van der Waals surface area contributed by atoms with Gasteiger partial charge >= 0.3 is 0 Å². The van der Waals surface area contributed by atoms with Crippen LogP contribution in [0.4, 0.5) is 0 Å². The summed E-state index contributed by atoms with van der Waals surface area (Å²) in [4.78, 5) is 16.7. The van der Waals surface area contributed by atoms with Crippen molar-refractivity contribution >= 4 is 11.9 Å². The number of carbonyl (C=O) groups excluding carboxylic acids is 1. The zero-order valence-corrected chi connectivity index (χ0v) is 17.2. The summed E-state index contributed by atoms with van der Waals surface area (Å²) in [5.74, 6) is 0.963. The van der Waals surface area contributed by atoms with Crippen molar-refractivity contribution in [2.24, 2.45) is 10.4 Å². The van der Waals surface area contributed by atoms with Crippen molar-refractivity contribution < 1.29 is 14.3 Å². The van der Waals surface area contributed by atoms with Crippen LogP contribution in [0.3, 0.4) is 0 Å². The van der Waals surface area contributed by atoms with E-state index >= 15 is 0 Å². The first-order valence-electron chi connectivity index (χ1n) is 9.97. The number of hydrogen-bond acceptors (Lipinski definition) is 4. The van der Waals surface area contributed by atoms with Gasteiger partial charge in [0.2, 0.25) is 0 Å². The Morgan fingerprint density at radius 2 is 1.89 bits per heavy atom. The van der Waals surface area contributed by atoms with Gasteiger partial charge in [0.1, 0.15) is 0 Å². The lowest BCUT2D eigenvalue weighted by atomic mass is 9.79. The Balaban J connectivity index is 2.43. The first-order valence-corrected chi connectivity index (χ1v) is 9.97. The van der Waals surface area contributed by atoms with Crippen molar-refractivity contribution in [1.82, 2.24) is 16.0 Å². The van der Waals surface area contributed by atoms with E-state index in [2.05, 4.69) is 29.8 Å². The Hall–Kier alpha value is -2.02. The highest BCUT2D eigenvalue weighted by atomic mass is 16.3. The normalized spacial score (nSPS) is 12.1. The van der Waals surface area contributed by atoms with Crippen molar-refractivity contribution in [3.8, 4) is 0 Å². The third kappa shape index (κ3) is 7.62. The second kappa shape index (κ2) is 12.4. The van der Waals surface area contributed by atoms with Crippen LogP contribution < -0.4 is 16.0 Å². The lowest BCUT2D eigenvalue weighted by Crippen LogP contribution is -2.40. The topological polar surface area (TPSA) is 98.9 Å². The SMILES string of the molecule is CCNC(=NCC(CC)(CC)CCO)NCCCNC(=O)c1occc1C. The number of nitrogens with one attached hydrogen (secondary N) is 3. The lowest BCUT2D eigenvalue weighted by molar-refractivity contribution is 0.0925. The maximum Gasteiger partial charge on any atom is 0.287 e. The minimum atomic E-state index is -0.183. The molecule has 0 saturated heterocycles. The molecule has 4 N–H and O–H groups in total. The molecule has 0 unspecified atom stereocenters. The van der Waals surface area contributed by atoms with E-state index in [1.54, 1.807) is 6.07 Å². The molecule has 0 bridgehead atoms. The highest BCUT2D eigenvalue weighted by Gasteiger charge is 2.25. The van der Waals surface area contributed by atoms with E-state index in [1.165, 1.54) is 6.26 Å². The summed E-state index contributed by atoms with van der Waals surface area (Å²) in [6.07, 6.45) is 5.05. The van der Waals surface area contributed by atoms with E-state index in [0.29, 0.717) is 25.4 Å². The Kier molecular flexibility index (Phi) is 10.6. The third-order valence-electron chi connectivity index (χ3n) is 5.06. The van der Waals surface area contributed by atoms with Gasteiger partial charge in [-0.1, -0.05) is 13.8 Å². The van der Waals surface area contributed by atoms with E-state index in [9.17, 15) is 9.90 Å². The number of aliphatic hydroxyl groups excluding tert-OH is 1. The van der Waals surface area contributed by atoms with Gasteiger partial charge in [0.05, 0.1) is 6.26 Å². The first kappa shape index (κ1) is 23.0. The third-order valence-corrected chi connectivity index (χ3v) is 5.06. The number of aliphatic hydroxyl groups is 1. The Morgan fingerprint density at radius 1 is 1.19 bits per heavy atom. The zero-order valence-electron chi connectivity index (χ0n) is 17.2. The van der Waals surface area contributed by atoms with Gasteiger partial charge < -0.3 is 25.5 Å². The highest BCUT2D eigenvalue weighted by Crippen LogP contribution is 2.30. The van der Waals surface area contributed by atoms with Crippen LogP contribution >= 0.6 is 0 Å². The van der Waals surface area contributed by atoms with Gasteiger partial charge in [0.15, 0.2) is 11.7 Å². The molecule has 1 rings (SSSR count). The summed E-state index contributed by atoms with van der Waals surface area (Å²) in [6.45, 7) is 11.1. The molecule has 0 atom stereocenters. The number of carbonyl (C=O) groups is 1. The molecule has 1 amide bonds. The molecular formula is C20H36N4O3. The van der Waals surface area contributed by atoms with Gasteiger partial charge in [0, 0.05) is 38.3 Å². The smallest absolute Gasteiger partial charge is 0.287 e. The van der Waals surface area contributed by atoms with E-state index in [-0.39, 0.29) is 17.9 Å². The molecule has 1 heterocycles. The fourth-order valence-electron chi connectivity index (χ4n) is 2.91. The van der Waals surface area contributed by atoms with Crippen molar-refractivity contribution in [2.75, 3.05) is 32.8 Å². The summed E-state index contributed by atoms with van der Waals surface area (Å²) in [5, 5.41) is 18.8. The lowest BCUT2D eigenvalue weighted by Gasteiger charge is -2.29. The van der Waals surface area contributed by atoms with Gasteiger partial charge in [-0.2, -0.15) is 0 Å². The Morgan fingerprint density at radius 3 is 2.44 bits per heavy atom. The number of rotatable bonds is 12. The number of hydrogen-bond donors (Lipinski definition) is 4. The van der Waals surface area contributed by atoms with E-state index < -0.39 is 0 Å². The molecule has 27 heavy (non-hydrogen) atoms. The molecule has 0 aliphatic carbocycles. The molecule has 0 radical (unpaired) electrons. The number of amides is 1. The molecule has 1 aromatic heterocycles. The second-order valence-corrected chi connectivity index (χ2v) is 6.84. The quantitative estimate of drug-likeness (QED) is 0.254. The predicted octanol–water partition coefficient (Wildman–Crippen LogP) is 2.45. The average molecular weight is 381 g/mol. The largest absolute Gasteiger partial charge is 0.459 e. The molecule has 0 fully saturated rings. The molecule has 154 valence electrons. The summed E-state index contributed by atoms with van der Waals surface area (Å²) in [6, 6.07) is 1.78. The first-order chi connectivity index (χ1) is 13.0. The van der Waals surface area contributed by atoms with Gasteiger partial charge in [-0.25, -0.2) is 0 Å². The monoisotopic (exact) mass is 380 g/mol. The summed E-state index contributed by atoms with van der Waals surface area (Å²) >= 11 is 0. The average Bonchev–Trinajstić information content (AvgIpc) is 3.10. The molecule has 0 spiro atoms. The highest BCUT2D eigenvalue weighted by molar-refractivity contribution is 5.92. The van der Waals surface area contributed by atoms with Crippen molar-refractivity contribution in [1.29, 1.82) is 0 Å². The van der Waals surface area contributed by atoms with Crippen molar-refractivity contribution in [3.63, 3.8) is 0 Å². The molecule has 7 nitrogen and oxygen atoms in total. The number of furan rings is 1. The van der Waals surface area contributed by atoms with Crippen LogP contribution in [0.2, 0.25) is 0 Å². The summed E-state index contributed by atoms with van der Waals surface area (Å²) in [5.41, 5.74) is 0.886.